The second-order valence-corrected chi connectivity index (χ2v) is 6.24. The second-order valence-electron chi connectivity index (χ2n) is 6.24. The summed E-state index contributed by atoms with van der Waals surface area (Å²) in [6.07, 6.45) is 1.79. The molecule has 4 amide bonds. The fourth-order valence-electron chi connectivity index (χ4n) is 2.66. The molecule has 0 bridgehead atoms. The highest BCUT2D eigenvalue weighted by atomic mass is 16.2. The molecule has 0 aromatic heterocycles. The van der Waals surface area contributed by atoms with Crippen molar-refractivity contribution in [2.75, 3.05) is 13.1 Å². The van der Waals surface area contributed by atoms with Gasteiger partial charge in [0, 0.05) is 13.5 Å². The summed E-state index contributed by atoms with van der Waals surface area (Å²) >= 11 is 0. The van der Waals surface area contributed by atoms with Gasteiger partial charge in [0.25, 0.3) is 0 Å². The lowest BCUT2D eigenvalue weighted by Gasteiger charge is -2.22. The summed E-state index contributed by atoms with van der Waals surface area (Å²) in [4.78, 5) is 48.2. The maximum absolute atomic E-state index is 12.1. The van der Waals surface area contributed by atoms with Crippen molar-refractivity contribution in [1.82, 2.24) is 15.5 Å². The quantitative estimate of drug-likeness (QED) is 0.563. The van der Waals surface area contributed by atoms with Crippen molar-refractivity contribution in [2.45, 2.75) is 52.1 Å². The lowest BCUT2D eigenvalue weighted by Crippen LogP contribution is -2.51. The van der Waals surface area contributed by atoms with E-state index >= 15 is 0 Å². The number of likely N-dealkylation sites (tertiary alicyclic amines) is 1. The predicted molar refractivity (Wildman–Crippen MR) is 84.0 cm³/mol. The first-order valence-corrected chi connectivity index (χ1v) is 7.86. The molecule has 0 aliphatic carbocycles. The van der Waals surface area contributed by atoms with Crippen LogP contribution in [0.2, 0.25) is 0 Å². The summed E-state index contributed by atoms with van der Waals surface area (Å²) in [5.74, 6) is -1.39. The van der Waals surface area contributed by atoms with Crippen LogP contribution in [0.1, 0.15) is 40.0 Å². The van der Waals surface area contributed by atoms with Crippen LogP contribution in [0.3, 0.4) is 0 Å². The van der Waals surface area contributed by atoms with Gasteiger partial charge in [0.15, 0.2) is 0 Å². The van der Waals surface area contributed by atoms with E-state index in [0.717, 1.165) is 6.42 Å². The molecule has 1 saturated heterocycles. The maximum atomic E-state index is 12.1. The lowest BCUT2D eigenvalue weighted by atomic mass is 10.0. The van der Waals surface area contributed by atoms with Gasteiger partial charge >= 0.3 is 0 Å². The van der Waals surface area contributed by atoms with Gasteiger partial charge in [-0.1, -0.05) is 13.8 Å². The fourth-order valence-corrected chi connectivity index (χ4v) is 2.66. The zero-order valence-electron chi connectivity index (χ0n) is 13.9. The van der Waals surface area contributed by atoms with Crippen LogP contribution >= 0.6 is 0 Å². The average molecular weight is 326 g/mol. The molecule has 130 valence electrons. The molecule has 0 saturated carbocycles. The highest BCUT2D eigenvalue weighted by Crippen LogP contribution is 2.17. The first-order valence-electron chi connectivity index (χ1n) is 7.86. The third kappa shape index (κ3) is 5.88. The van der Waals surface area contributed by atoms with Gasteiger partial charge in [-0.2, -0.15) is 0 Å². The van der Waals surface area contributed by atoms with Crippen LogP contribution in [0.25, 0.3) is 0 Å². The summed E-state index contributed by atoms with van der Waals surface area (Å²) in [5.41, 5.74) is 5.26. The Kier molecular flexibility index (Phi) is 6.99. The monoisotopic (exact) mass is 326 g/mol. The minimum absolute atomic E-state index is 0.155. The standard InChI is InChI=1S/C15H26N4O4/c1-9(2)7-11(14(16)22)18-13(21)8-17-15(23)12-5-4-6-19(12)10(3)20/h9,11-12H,4-8H2,1-3H3,(H2,16,22)(H,17,23)(H,18,21)/t11-,12-/m0/s1. The number of amides is 4. The highest BCUT2D eigenvalue weighted by molar-refractivity contribution is 5.92. The Labute approximate surface area is 136 Å². The summed E-state index contributed by atoms with van der Waals surface area (Å²) < 4.78 is 0. The van der Waals surface area contributed by atoms with Crippen LogP contribution in [-0.2, 0) is 19.2 Å². The molecule has 0 aromatic rings. The van der Waals surface area contributed by atoms with Crippen molar-refractivity contribution in [2.24, 2.45) is 11.7 Å². The van der Waals surface area contributed by atoms with Gasteiger partial charge in [0.1, 0.15) is 12.1 Å². The maximum Gasteiger partial charge on any atom is 0.243 e. The van der Waals surface area contributed by atoms with E-state index in [1.54, 1.807) is 0 Å². The Hall–Kier alpha value is -2.12. The summed E-state index contributed by atoms with van der Waals surface area (Å²) in [6.45, 7) is 5.56. The molecule has 2 atom stereocenters. The normalized spacial score (nSPS) is 18.6. The van der Waals surface area contributed by atoms with E-state index in [-0.39, 0.29) is 24.3 Å². The molecular formula is C15H26N4O4. The number of nitrogens with zero attached hydrogens (tertiary/aromatic N) is 1. The Bertz CT molecular complexity index is 478. The van der Waals surface area contributed by atoms with Crippen LogP contribution in [-0.4, -0.2) is 53.7 Å². The number of carbonyl (C=O) groups is 4. The molecule has 1 aliphatic rings. The lowest BCUT2D eigenvalue weighted by molar-refractivity contribution is -0.137. The SMILES string of the molecule is CC(=O)N1CCC[C@H]1C(=O)NCC(=O)N[C@@H](CC(C)C)C(N)=O. The number of rotatable bonds is 7. The zero-order valence-corrected chi connectivity index (χ0v) is 13.9. The molecule has 8 nitrogen and oxygen atoms in total. The third-order valence-corrected chi connectivity index (χ3v) is 3.77. The number of nitrogens with one attached hydrogen (secondary N) is 2. The van der Waals surface area contributed by atoms with Crippen molar-refractivity contribution in [3.05, 3.63) is 0 Å². The largest absolute Gasteiger partial charge is 0.368 e. The first kappa shape index (κ1) is 18.9. The predicted octanol–water partition coefficient (Wildman–Crippen LogP) is -0.870. The number of primary amides is 1. The fraction of sp³-hybridized carbons (Fsp3) is 0.733. The Morgan fingerprint density at radius 1 is 1.26 bits per heavy atom. The highest BCUT2D eigenvalue weighted by Gasteiger charge is 2.32. The van der Waals surface area contributed by atoms with Gasteiger partial charge in [-0.05, 0) is 25.2 Å². The Balaban J connectivity index is 2.47. The van der Waals surface area contributed by atoms with Gasteiger partial charge in [-0.25, -0.2) is 0 Å². The van der Waals surface area contributed by atoms with E-state index in [1.165, 1.54) is 11.8 Å². The second kappa shape index (κ2) is 8.50. The molecule has 0 radical (unpaired) electrons. The molecule has 0 spiro atoms. The van der Waals surface area contributed by atoms with E-state index in [9.17, 15) is 19.2 Å². The molecule has 8 heteroatoms. The minimum atomic E-state index is -0.750. The molecule has 1 fully saturated rings. The van der Waals surface area contributed by atoms with Crippen molar-refractivity contribution < 1.29 is 19.2 Å². The summed E-state index contributed by atoms with van der Waals surface area (Å²) in [7, 11) is 0. The van der Waals surface area contributed by atoms with Crippen molar-refractivity contribution in [3.63, 3.8) is 0 Å². The summed E-state index contributed by atoms with van der Waals surface area (Å²) in [5, 5.41) is 5.03. The van der Waals surface area contributed by atoms with Gasteiger partial charge in [-0.15, -0.1) is 0 Å². The molecule has 4 N–H and O–H groups in total. The van der Waals surface area contributed by atoms with E-state index in [0.29, 0.717) is 19.4 Å². The zero-order chi connectivity index (χ0) is 17.6. The molecule has 23 heavy (non-hydrogen) atoms. The molecule has 1 rings (SSSR count). The number of carbonyl (C=O) groups excluding carboxylic acids is 4. The number of hydrogen-bond donors (Lipinski definition) is 3. The van der Waals surface area contributed by atoms with Crippen molar-refractivity contribution in [1.29, 1.82) is 0 Å². The smallest absolute Gasteiger partial charge is 0.243 e. The van der Waals surface area contributed by atoms with Crippen LogP contribution in [0, 0.1) is 5.92 Å². The van der Waals surface area contributed by atoms with Crippen LogP contribution in [0.4, 0.5) is 0 Å². The van der Waals surface area contributed by atoms with E-state index in [1.807, 2.05) is 13.8 Å². The Morgan fingerprint density at radius 2 is 1.91 bits per heavy atom. The van der Waals surface area contributed by atoms with Crippen molar-refractivity contribution in [3.8, 4) is 0 Å². The van der Waals surface area contributed by atoms with Gasteiger partial charge in [0.05, 0.1) is 6.54 Å². The van der Waals surface area contributed by atoms with Crippen LogP contribution in [0.15, 0.2) is 0 Å². The molecule has 1 aliphatic heterocycles. The molecule has 0 unspecified atom stereocenters. The third-order valence-electron chi connectivity index (χ3n) is 3.77. The van der Waals surface area contributed by atoms with Gasteiger partial charge in [-0.3, -0.25) is 19.2 Å². The topological polar surface area (TPSA) is 122 Å². The van der Waals surface area contributed by atoms with E-state index in [2.05, 4.69) is 10.6 Å². The number of nitrogens with two attached hydrogens (primary N) is 1. The van der Waals surface area contributed by atoms with Crippen LogP contribution in [0.5, 0.6) is 0 Å². The van der Waals surface area contributed by atoms with Gasteiger partial charge in [0.2, 0.25) is 23.6 Å². The molecule has 1 heterocycles. The van der Waals surface area contributed by atoms with E-state index < -0.39 is 23.9 Å². The summed E-state index contributed by atoms with van der Waals surface area (Å²) in [6, 6.07) is -1.28. The van der Waals surface area contributed by atoms with Crippen LogP contribution < -0.4 is 16.4 Å². The van der Waals surface area contributed by atoms with E-state index in [4.69, 9.17) is 5.73 Å². The first-order chi connectivity index (χ1) is 10.7. The van der Waals surface area contributed by atoms with Gasteiger partial charge < -0.3 is 21.3 Å². The molecule has 0 aromatic carbocycles. The number of hydrogen-bond acceptors (Lipinski definition) is 4. The average Bonchev–Trinajstić information content (AvgIpc) is 2.93. The Morgan fingerprint density at radius 3 is 2.43 bits per heavy atom. The molecular weight excluding hydrogens is 300 g/mol. The minimum Gasteiger partial charge on any atom is -0.368 e. The van der Waals surface area contributed by atoms with Crippen molar-refractivity contribution >= 4 is 23.6 Å².